The van der Waals surface area contributed by atoms with Gasteiger partial charge in [-0.15, -0.1) is 0 Å². The first kappa shape index (κ1) is 19.0. The van der Waals surface area contributed by atoms with Gasteiger partial charge >= 0.3 is 0 Å². The number of fused-ring (bicyclic) bond motifs is 2. The first-order valence-electron chi connectivity index (χ1n) is 9.28. The quantitative estimate of drug-likeness (QED) is 0.752. The topological polar surface area (TPSA) is 75.7 Å². The highest BCUT2D eigenvalue weighted by atomic mass is 32.2. The summed E-state index contributed by atoms with van der Waals surface area (Å²) in [7, 11) is -1.94. The second-order valence-electron chi connectivity index (χ2n) is 7.46. The number of carbonyl (C=O) groups is 1. The van der Waals surface area contributed by atoms with Gasteiger partial charge in [0.15, 0.2) is 0 Å². The Hall–Kier alpha value is -1.76. The molecule has 0 spiro atoms. The molecule has 7 heteroatoms. The fourth-order valence-electron chi connectivity index (χ4n) is 4.38. The number of carbonyl (C=O) groups excluding carboxylic acids is 1. The molecule has 2 aliphatic carbocycles. The van der Waals surface area contributed by atoms with Gasteiger partial charge in [0.1, 0.15) is 5.75 Å². The molecule has 2 fully saturated rings. The average molecular weight is 381 g/mol. The molecule has 0 heterocycles. The van der Waals surface area contributed by atoms with Crippen molar-refractivity contribution in [2.24, 2.45) is 11.8 Å². The second kappa shape index (κ2) is 7.86. The number of hydrogen-bond donors (Lipinski definition) is 1. The first-order chi connectivity index (χ1) is 12.4. The highest BCUT2D eigenvalue weighted by molar-refractivity contribution is 7.92. The van der Waals surface area contributed by atoms with Gasteiger partial charge in [0.25, 0.3) is 0 Å². The van der Waals surface area contributed by atoms with Gasteiger partial charge in [-0.05, 0) is 49.7 Å². The lowest BCUT2D eigenvalue weighted by molar-refractivity contribution is -0.122. The maximum Gasteiger partial charge on any atom is 0.232 e. The van der Waals surface area contributed by atoms with Crippen molar-refractivity contribution >= 4 is 21.6 Å². The third-order valence-corrected chi connectivity index (χ3v) is 6.78. The lowest BCUT2D eigenvalue weighted by Gasteiger charge is -2.25. The molecule has 2 bridgehead atoms. The maximum atomic E-state index is 12.3. The summed E-state index contributed by atoms with van der Waals surface area (Å²) in [5.74, 6) is 1.96. The van der Waals surface area contributed by atoms with Crippen LogP contribution in [0.25, 0.3) is 0 Å². The smallest absolute Gasteiger partial charge is 0.232 e. The van der Waals surface area contributed by atoms with E-state index in [9.17, 15) is 13.2 Å². The van der Waals surface area contributed by atoms with Crippen LogP contribution in [-0.2, 0) is 14.8 Å². The fraction of sp³-hybridized carbons (Fsp3) is 0.632. The van der Waals surface area contributed by atoms with Crippen LogP contribution in [0.4, 0.5) is 5.69 Å². The lowest BCUT2D eigenvalue weighted by Crippen LogP contribution is -2.39. The molecule has 0 aliphatic heterocycles. The molecule has 3 atom stereocenters. The molecular formula is C19H28N2O4S. The molecule has 1 aromatic rings. The fourth-order valence-corrected chi connectivity index (χ4v) is 5.35. The molecule has 2 aliphatic rings. The number of para-hydroxylation sites is 2. The van der Waals surface area contributed by atoms with Crippen molar-refractivity contribution in [3.05, 3.63) is 24.3 Å². The second-order valence-corrected chi connectivity index (χ2v) is 9.37. The molecule has 0 saturated heterocycles. The molecule has 1 aromatic carbocycles. The third kappa shape index (κ3) is 4.31. The number of nitrogens with one attached hydrogen (secondary N) is 1. The highest BCUT2D eigenvalue weighted by Gasteiger charge is 2.39. The molecule has 0 unspecified atom stereocenters. The van der Waals surface area contributed by atoms with E-state index in [0.717, 1.165) is 12.3 Å². The summed E-state index contributed by atoms with van der Waals surface area (Å²) in [6, 6.07) is 7.34. The maximum absolute atomic E-state index is 12.3. The Morgan fingerprint density at radius 2 is 2.04 bits per heavy atom. The van der Waals surface area contributed by atoms with Crippen LogP contribution in [0.3, 0.4) is 0 Å². The summed E-state index contributed by atoms with van der Waals surface area (Å²) in [6.45, 7) is 0.253. The van der Waals surface area contributed by atoms with Gasteiger partial charge in [0, 0.05) is 19.0 Å². The van der Waals surface area contributed by atoms with Gasteiger partial charge in [-0.3, -0.25) is 9.10 Å². The van der Waals surface area contributed by atoms with E-state index < -0.39 is 10.0 Å². The van der Waals surface area contributed by atoms with Crippen molar-refractivity contribution in [2.45, 2.75) is 44.6 Å². The van der Waals surface area contributed by atoms with Crippen molar-refractivity contribution in [1.82, 2.24) is 5.32 Å². The van der Waals surface area contributed by atoms with E-state index in [0.29, 0.717) is 36.2 Å². The van der Waals surface area contributed by atoms with Gasteiger partial charge in [-0.2, -0.15) is 0 Å². The molecule has 1 amide bonds. The Morgan fingerprint density at radius 3 is 2.65 bits per heavy atom. The van der Waals surface area contributed by atoms with Crippen LogP contribution in [-0.4, -0.2) is 40.3 Å². The SMILES string of the molecule is COc1ccccc1N(CCCC(=O)N[C@H]1C[C@H]2CC[C@H]1C2)S(C)(=O)=O. The molecular weight excluding hydrogens is 352 g/mol. The minimum Gasteiger partial charge on any atom is -0.495 e. The van der Waals surface area contributed by atoms with Gasteiger partial charge in [0.05, 0.1) is 19.1 Å². The van der Waals surface area contributed by atoms with E-state index in [4.69, 9.17) is 4.74 Å². The molecule has 0 radical (unpaired) electrons. The first-order valence-corrected chi connectivity index (χ1v) is 11.1. The lowest BCUT2D eigenvalue weighted by atomic mass is 9.95. The number of nitrogens with zero attached hydrogens (tertiary/aromatic N) is 1. The zero-order chi connectivity index (χ0) is 18.7. The van der Waals surface area contributed by atoms with E-state index in [-0.39, 0.29) is 12.5 Å². The molecule has 1 N–H and O–H groups in total. The van der Waals surface area contributed by atoms with E-state index in [1.807, 2.05) is 0 Å². The van der Waals surface area contributed by atoms with E-state index in [1.165, 1.54) is 36.9 Å². The third-order valence-electron chi connectivity index (χ3n) is 5.60. The highest BCUT2D eigenvalue weighted by Crippen LogP contribution is 2.44. The van der Waals surface area contributed by atoms with Gasteiger partial charge in [-0.1, -0.05) is 18.6 Å². The predicted molar refractivity (Wildman–Crippen MR) is 102 cm³/mol. The minimum absolute atomic E-state index is 0.0241. The Kier molecular flexibility index (Phi) is 5.75. The van der Waals surface area contributed by atoms with Crippen molar-refractivity contribution in [3.8, 4) is 5.75 Å². The Labute approximate surface area is 156 Å². The summed E-state index contributed by atoms with van der Waals surface area (Å²) in [6.07, 6.45) is 6.86. The number of ether oxygens (including phenoxy) is 1. The number of benzene rings is 1. The van der Waals surface area contributed by atoms with Gasteiger partial charge < -0.3 is 10.1 Å². The monoisotopic (exact) mass is 380 g/mol. The zero-order valence-corrected chi connectivity index (χ0v) is 16.3. The predicted octanol–water partition coefficient (Wildman–Crippen LogP) is 2.55. The molecule has 144 valence electrons. The normalized spacial score (nSPS) is 24.5. The van der Waals surface area contributed by atoms with Crippen molar-refractivity contribution in [3.63, 3.8) is 0 Å². The summed E-state index contributed by atoms with van der Waals surface area (Å²) in [5, 5.41) is 3.15. The van der Waals surface area contributed by atoms with Crippen molar-refractivity contribution in [1.29, 1.82) is 0 Å². The number of amides is 1. The van der Waals surface area contributed by atoms with Crippen LogP contribution in [0.1, 0.15) is 38.5 Å². The molecule has 6 nitrogen and oxygen atoms in total. The largest absolute Gasteiger partial charge is 0.495 e. The Bertz CT molecular complexity index is 750. The number of methoxy groups -OCH3 is 1. The number of hydrogen-bond acceptors (Lipinski definition) is 4. The van der Waals surface area contributed by atoms with Gasteiger partial charge in [-0.25, -0.2) is 8.42 Å². The summed E-state index contributed by atoms with van der Waals surface area (Å²) in [4.78, 5) is 12.3. The molecule has 26 heavy (non-hydrogen) atoms. The van der Waals surface area contributed by atoms with Gasteiger partial charge in [0.2, 0.25) is 15.9 Å². The summed E-state index contributed by atoms with van der Waals surface area (Å²) < 4.78 is 31.0. The van der Waals surface area contributed by atoms with Crippen LogP contribution in [0, 0.1) is 11.8 Å². The van der Waals surface area contributed by atoms with Crippen LogP contribution >= 0.6 is 0 Å². The molecule has 0 aromatic heterocycles. The van der Waals surface area contributed by atoms with Crippen LogP contribution < -0.4 is 14.4 Å². The van der Waals surface area contributed by atoms with Crippen LogP contribution in [0.15, 0.2) is 24.3 Å². The van der Waals surface area contributed by atoms with Crippen molar-refractivity contribution in [2.75, 3.05) is 24.2 Å². The average Bonchev–Trinajstić information content (AvgIpc) is 3.20. The van der Waals surface area contributed by atoms with Crippen molar-refractivity contribution < 1.29 is 17.9 Å². The van der Waals surface area contributed by atoms with E-state index in [2.05, 4.69) is 5.32 Å². The van der Waals surface area contributed by atoms with E-state index >= 15 is 0 Å². The van der Waals surface area contributed by atoms with E-state index in [1.54, 1.807) is 24.3 Å². The number of anilines is 1. The zero-order valence-electron chi connectivity index (χ0n) is 15.5. The number of sulfonamides is 1. The van der Waals surface area contributed by atoms with Crippen LogP contribution in [0.5, 0.6) is 5.75 Å². The molecule has 2 saturated carbocycles. The number of rotatable bonds is 8. The summed E-state index contributed by atoms with van der Waals surface area (Å²) in [5.41, 5.74) is 0.506. The Balaban J connectivity index is 1.56. The minimum atomic E-state index is -3.46. The Morgan fingerprint density at radius 1 is 1.27 bits per heavy atom. The standard InChI is InChI=1S/C19H28N2O4S/c1-25-18-7-4-3-6-17(18)21(26(2,23)24)11-5-8-19(22)20-16-13-14-9-10-15(16)12-14/h3-4,6-7,14-16H,5,8-13H2,1-2H3,(H,20,22)/t14-,15-,16-/m0/s1. The molecule has 3 rings (SSSR count). The summed E-state index contributed by atoms with van der Waals surface area (Å²) >= 11 is 0. The van der Waals surface area contributed by atoms with Crippen LogP contribution in [0.2, 0.25) is 0 Å².